The second kappa shape index (κ2) is 6.41. The molecule has 0 spiro atoms. The molecule has 1 amide bonds. The van der Waals surface area contributed by atoms with Gasteiger partial charge in [0, 0.05) is 35.8 Å². The summed E-state index contributed by atoms with van der Waals surface area (Å²) in [5.74, 6) is 2.07. The number of benzene rings is 2. The highest BCUT2D eigenvalue weighted by atomic mass is 16.7. The molecule has 1 aliphatic heterocycles. The van der Waals surface area contributed by atoms with Gasteiger partial charge in [-0.2, -0.15) is 0 Å². The van der Waals surface area contributed by atoms with Gasteiger partial charge in [-0.1, -0.05) is 18.2 Å². The van der Waals surface area contributed by atoms with E-state index in [1.165, 1.54) is 0 Å². The van der Waals surface area contributed by atoms with Crippen LogP contribution in [0.3, 0.4) is 0 Å². The summed E-state index contributed by atoms with van der Waals surface area (Å²) in [5.41, 5.74) is 2.36. The van der Waals surface area contributed by atoms with E-state index >= 15 is 0 Å². The zero-order valence-electron chi connectivity index (χ0n) is 15.0. The summed E-state index contributed by atoms with van der Waals surface area (Å²) in [5, 5.41) is 11.8. The zero-order valence-corrected chi connectivity index (χ0v) is 15.0. The Morgan fingerprint density at radius 2 is 2.00 bits per heavy atom. The van der Waals surface area contributed by atoms with Crippen LogP contribution in [0.25, 0.3) is 22.4 Å². The van der Waals surface area contributed by atoms with E-state index in [0.29, 0.717) is 29.0 Å². The zero-order chi connectivity index (χ0) is 19.1. The summed E-state index contributed by atoms with van der Waals surface area (Å²) >= 11 is 0. The minimum atomic E-state index is -0.159. The topological polar surface area (TPSA) is 91.4 Å². The van der Waals surface area contributed by atoms with Crippen LogP contribution in [0.4, 0.5) is 5.69 Å². The average Bonchev–Trinajstić information content (AvgIpc) is 3.40. The van der Waals surface area contributed by atoms with Crippen LogP contribution in [0, 0.1) is 6.92 Å². The van der Waals surface area contributed by atoms with Crippen LogP contribution in [0.5, 0.6) is 11.5 Å². The molecule has 2 aromatic carbocycles. The Morgan fingerprint density at radius 1 is 1.14 bits per heavy atom. The highest BCUT2D eigenvalue weighted by molar-refractivity contribution is 5.96. The van der Waals surface area contributed by atoms with Gasteiger partial charge in [0.2, 0.25) is 24.5 Å². The number of aryl methyl sites for hydroxylation is 1. The summed E-state index contributed by atoms with van der Waals surface area (Å²) in [4.78, 5) is 12.6. The van der Waals surface area contributed by atoms with Gasteiger partial charge >= 0.3 is 0 Å². The summed E-state index contributed by atoms with van der Waals surface area (Å²) in [6.07, 6.45) is 1.86. The fraction of sp³-hybridized carbons (Fsp3) is 0.150. The number of ether oxygens (including phenoxy) is 2. The number of anilines is 1. The Balaban J connectivity index is 1.42. The molecule has 0 atom stereocenters. The highest BCUT2D eigenvalue weighted by Gasteiger charge is 2.17. The molecule has 1 N–H and O–H groups in total. The van der Waals surface area contributed by atoms with Crippen molar-refractivity contribution in [1.29, 1.82) is 0 Å². The van der Waals surface area contributed by atoms with Crippen molar-refractivity contribution < 1.29 is 18.7 Å². The molecule has 0 unspecified atom stereocenters. The lowest BCUT2D eigenvalue weighted by molar-refractivity contribution is -0.116. The molecule has 1 aliphatic rings. The van der Waals surface area contributed by atoms with Crippen LogP contribution < -0.4 is 14.8 Å². The van der Waals surface area contributed by atoms with Crippen LogP contribution in [-0.2, 0) is 11.3 Å². The fourth-order valence-electron chi connectivity index (χ4n) is 3.28. The first-order chi connectivity index (χ1) is 13.7. The standard InChI is InChI=1S/C20H16N4O4/c1-12-22-23-20(28-12)15-9-24(16-5-3-2-4-14(15)16)10-19(25)21-13-6-7-17-18(8-13)27-11-26-17/h2-9H,10-11H2,1H3,(H,21,25). The molecule has 4 aromatic rings. The van der Waals surface area contributed by atoms with Crippen molar-refractivity contribution in [3.05, 3.63) is 54.6 Å². The molecule has 0 fully saturated rings. The molecule has 2 aromatic heterocycles. The molecule has 28 heavy (non-hydrogen) atoms. The second-order valence-corrected chi connectivity index (χ2v) is 6.43. The van der Waals surface area contributed by atoms with Crippen molar-refractivity contribution in [2.24, 2.45) is 0 Å². The van der Waals surface area contributed by atoms with Crippen LogP contribution >= 0.6 is 0 Å². The van der Waals surface area contributed by atoms with Crippen molar-refractivity contribution >= 4 is 22.5 Å². The summed E-state index contributed by atoms with van der Waals surface area (Å²) in [6, 6.07) is 13.1. The number of hydrogen-bond acceptors (Lipinski definition) is 6. The van der Waals surface area contributed by atoms with Crippen LogP contribution in [0.1, 0.15) is 5.89 Å². The number of nitrogens with zero attached hydrogens (tertiary/aromatic N) is 3. The third-order valence-electron chi connectivity index (χ3n) is 4.52. The summed E-state index contributed by atoms with van der Waals surface area (Å²) < 4.78 is 18.1. The number of carbonyl (C=O) groups excluding carboxylic acids is 1. The van der Waals surface area contributed by atoms with Crippen LogP contribution in [0.15, 0.2) is 53.1 Å². The maximum Gasteiger partial charge on any atom is 0.249 e. The molecule has 0 bridgehead atoms. The average molecular weight is 376 g/mol. The third-order valence-corrected chi connectivity index (χ3v) is 4.52. The molecule has 0 radical (unpaired) electrons. The monoisotopic (exact) mass is 376 g/mol. The van der Waals surface area contributed by atoms with Gasteiger partial charge in [0.25, 0.3) is 0 Å². The summed E-state index contributed by atoms with van der Waals surface area (Å²) in [6.45, 7) is 2.08. The van der Waals surface area contributed by atoms with Gasteiger partial charge in [-0.25, -0.2) is 0 Å². The Labute approximate surface area is 159 Å². The van der Waals surface area contributed by atoms with E-state index in [1.54, 1.807) is 25.1 Å². The number of hydrogen-bond donors (Lipinski definition) is 1. The predicted octanol–water partition coefficient (Wildman–Crippen LogP) is 3.37. The number of nitrogens with one attached hydrogen (secondary N) is 1. The van der Waals surface area contributed by atoms with Crippen LogP contribution in [-0.4, -0.2) is 27.5 Å². The molecule has 0 saturated heterocycles. The number of amides is 1. The second-order valence-electron chi connectivity index (χ2n) is 6.43. The SMILES string of the molecule is Cc1nnc(-c2cn(CC(=O)Nc3ccc4c(c3)OCO4)c3ccccc23)o1. The van der Waals surface area contributed by atoms with Gasteiger partial charge in [0.05, 0.1) is 5.56 Å². The van der Waals surface area contributed by atoms with E-state index in [-0.39, 0.29) is 19.2 Å². The normalized spacial score (nSPS) is 12.5. The first-order valence-electron chi connectivity index (χ1n) is 8.75. The maximum atomic E-state index is 12.6. The van der Waals surface area contributed by atoms with Crippen LogP contribution in [0.2, 0.25) is 0 Å². The molecule has 0 saturated carbocycles. The molecule has 8 heteroatoms. The van der Waals surface area contributed by atoms with E-state index in [9.17, 15) is 4.79 Å². The lowest BCUT2D eigenvalue weighted by Gasteiger charge is -2.08. The minimum absolute atomic E-state index is 0.141. The van der Waals surface area contributed by atoms with E-state index in [0.717, 1.165) is 16.5 Å². The maximum absolute atomic E-state index is 12.6. The lowest BCUT2D eigenvalue weighted by Crippen LogP contribution is -2.18. The fourth-order valence-corrected chi connectivity index (χ4v) is 3.28. The molecule has 140 valence electrons. The molecular formula is C20H16N4O4. The Hall–Kier alpha value is -3.81. The van der Waals surface area contributed by atoms with Crippen molar-refractivity contribution in [2.45, 2.75) is 13.5 Å². The third kappa shape index (κ3) is 2.84. The van der Waals surface area contributed by atoms with Gasteiger partial charge in [0.1, 0.15) is 6.54 Å². The quantitative estimate of drug-likeness (QED) is 0.587. The number of fused-ring (bicyclic) bond motifs is 2. The number of carbonyl (C=O) groups is 1. The Bertz CT molecular complexity index is 1190. The van der Waals surface area contributed by atoms with Gasteiger partial charge in [0.15, 0.2) is 11.5 Å². The first kappa shape index (κ1) is 16.4. The smallest absolute Gasteiger partial charge is 0.249 e. The van der Waals surface area contributed by atoms with Gasteiger partial charge in [-0.05, 0) is 18.2 Å². The molecule has 3 heterocycles. The molecular weight excluding hydrogens is 360 g/mol. The van der Waals surface area contributed by atoms with Gasteiger partial charge in [-0.15, -0.1) is 10.2 Å². The van der Waals surface area contributed by atoms with Crippen molar-refractivity contribution in [1.82, 2.24) is 14.8 Å². The Morgan fingerprint density at radius 3 is 2.86 bits per heavy atom. The van der Waals surface area contributed by atoms with Gasteiger partial charge < -0.3 is 23.8 Å². The minimum Gasteiger partial charge on any atom is -0.454 e. The highest BCUT2D eigenvalue weighted by Crippen LogP contribution is 2.34. The Kier molecular flexibility index (Phi) is 3.75. The number of para-hydroxylation sites is 1. The van der Waals surface area contributed by atoms with Crippen molar-refractivity contribution in [3.8, 4) is 23.0 Å². The van der Waals surface area contributed by atoms with E-state index in [1.807, 2.05) is 35.0 Å². The van der Waals surface area contributed by atoms with E-state index < -0.39 is 0 Å². The molecule has 5 rings (SSSR count). The number of aromatic nitrogens is 3. The van der Waals surface area contributed by atoms with E-state index in [4.69, 9.17) is 13.9 Å². The largest absolute Gasteiger partial charge is 0.454 e. The van der Waals surface area contributed by atoms with Crippen molar-refractivity contribution in [2.75, 3.05) is 12.1 Å². The molecule has 8 nitrogen and oxygen atoms in total. The molecule has 0 aliphatic carbocycles. The summed E-state index contributed by atoms with van der Waals surface area (Å²) in [7, 11) is 0. The van der Waals surface area contributed by atoms with E-state index in [2.05, 4.69) is 15.5 Å². The predicted molar refractivity (Wildman–Crippen MR) is 101 cm³/mol. The van der Waals surface area contributed by atoms with Gasteiger partial charge in [-0.3, -0.25) is 4.79 Å². The number of rotatable bonds is 4. The first-order valence-corrected chi connectivity index (χ1v) is 8.75. The lowest BCUT2D eigenvalue weighted by atomic mass is 10.2. The van der Waals surface area contributed by atoms with Crippen molar-refractivity contribution in [3.63, 3.8) is 0 Å².